The number of hydrogen-bond acceptors (Lipinski definition) is 3. The van der Waals surface area contributed by atoms with Crippen LogP contribution in [0.4, 0.5) is 10.5 Å². The maximum absolute atomic E-state index is 12.2. The van der Waals surface area contributed by atoms with Crippen molar-refractivity contribution in [1.29, 1.82) is 0 Å². The Bertz CT molecular complexity index is 555. The SMILES string of the molecule is CN1CCOc2ccc(NC(=O)NC3CC3)cc2C1=O. The molecular formula is C14H17N3O3. The number of ether oxygens (including phenoxy) is 1. The number of carbonyl (C=O) groups is 2. The molecule has 1 saturated carbocycles. The maximum Gasteiger partial charge on any atom is 0.319 e. The second-order valence-electron chi connectivity index (χ2n) is 5.16. The average Bonchev–Trinajstić information content (AvgIpc) is 3.23. The second kappa shape index (κ2) is 5.03. The number of carbonyl (C=O) groups excluding carboxylic acids is 2. The summed E-state index contributed by atoms with van der Waals surface area (Å²) in [7, 11) is 1.74. The highest BCUT2D eigenvalue weighted by molar-refractivity contribution is 5.99. The molecule has 1 aromatic rings. The minimum atomic E-state index is -0.234. The number of fused-ring (bicyclic) bond motifs is 1. The monoisotopic (exact) mass is 275 g/mol. The normalized spacial score (nSPS) is 17.9. The van der Waals surface area contributed by atoms with Crippen molar-refractivity contribution in [3.05, 3.63) is 23.8 Å². The molecule has 2 N–H and O–H groups in total. The molecule has 3 amide bonds. The highest BCUT2D eigenvalue weighted by Gasteiger charge is 2.24. The number of anilines is 1. The molecular weight excluding hydrogens is 258 g/mol. The molecule has 106 valence electrons. The van der Waals surface area contributed by atoms with Gasteiger partial charge in [-0.15, -0.1) is 0 Å². The molecule has 6 heteroatoms. The Kier molecular flexibility index (Phi) is 3.22. The average molecular weight is 275 g/mol. The Morgan fingerprint density at radius 2 is 2.20 bits per heavy atom. The number of hydrogen-bond donors (Lipinski definition) is 2. The molecule has 1 aliphatic heterocycles. The van der Waals surface area contributed by atoms with Crippen LogP contribution in [0.25, 0.3) is 0 Å². The molecule has 0 unspecified atom stereocenters. The molecule has 0 bridgehead atoms. The molecule has 0 saturated heterocycles. The minimum Gasteiger partial charge on any atom is -0.491 e. The van der Waals surface area contributed by atoms with Crippen molar-refractivity contribution in [1.82, 2.24) is 10.2 Å². The van der Waals surface area contributed by atoms with Gasteiger partial charge in [0.1, 0.15) is 12.4 Å². The van der Waals surface area contributed by atoms with Gasteiger partial charge < -0.3 is 20.3 Å². The van der Waals surface area contributed by atoms with Crippen LogP contribution in [0, 0.1) is 0 Å². The zero-order chi connectivity index (χ0) is 14.1. The van der Waals surface area contributed by atoms with Crippen molar-refractivity contribution in [2.24, 2.45) is 0 Å². The lowest BCUT2D eigenvalue weighted by molar-refractivity contribution is 0.0796. The van der Waals surface area contributed by atoms with Gasteiger partial charge in [-0.25, -0.2) is 4.79 Å². The first-order valence-electron chi connectivity index (χ1n) is 6.73. The van der Waals surface area contributed by atoms with E-state index >= 15 is 0 Å². The lowest BCUT2D eigenvalue weighted by Gasteiger charge is -2.13. The van der Waals surface area contributed by atoms with Crippen molar-refractivity contribution in [3.8, 4) is 5.75 Å². The minimum absolute atomic E-state index is 0.0937. The molecule has 20 heavy (non-hydrogen) atoms. The summed E-state index contributed by atoms with van der Waals surface area (Å²) in [6, 6.07) is 5.18. The summed E-state index contributed by atoms with van der Waals surface area (Å²) in [5.41, 5.74) is 1.07. The molecule has 1 fully saturated rings. The summed E-state index contributed by atoms with van der Waals surface area (Å²) < 4.78 is 5.53. The predicted octanol–water partition coefficient (Wildman–Crippen LogP) is 1.43. The van der Waals surface area contributed by atoms with Crippen LogP contribution >= 0.6 is 0 Å². The Labute approximate surface area is 117 Å². The van der Waals surface area contributed by atoms with E-state index in [1.165, 1.54) is 0 Å². The van der Waals surface area contributed by atoms with Crippen LogP contribution in [0.15, 0.2) is 18.2 Å². The third kappa shape index (κ3) is 2.68. The van der Waals surface area contributed by atoms with E-state index in [-0.39, 0.29) is 11.9 Å². The second-order valence-corrected chi connectivity index (χ2v) is 5.16. The quantitative estimate of drug-likeness (QED) is 0.858. The molecule has 0 spiro atoms. The first-order valence-corrected chi connectivity index (χ1v) is 6.73. The van der Waals surface area contributed by atoms with Crippen molar-refractivity contribution in [3.63, 3.8) is 0 Å². The molecule has 0 radical (unpaired) electrons. The Morgan fingerprint density at radius 1 is 1.40 bits per heavy atom. The molecule has 2 aliphatic rings. The lowest BCUT2D eigenvalue weighted by Crippen LogP contribution is -2.30. The fourth-order valence-electron chi connectivity index (χ4n) is 2.08. The van der Waals surface area contributed by atoms with Crippen molar-refractivity contribution < 1.29 is 14.3 Å². The standard InChI is InChI=1S/C14H17N3O3/c1-17-6-7-20-12-5-4-10(8-11(12)13(17)18)16-14(19)15-9-2-3-9/h4-5,8-9H,2-3,6-7H2,1H3,(H2,15,16,19). The number of urea groups is 1. The molecule has 1 aliphatic carbocycles. The third-order valence-electron chi connectivity index (χ3n) is 3.41. The smallest absolute Gasteiger partial charge is 0.319 e. The van der Waals surface area contributed by atoms with Gasteiger partial charge in [-0.1, -0.05) is 0 Å². The summed E-state index contributed by atoms with van der Waals surface area (Å²) in [6.07, 6.45) is 2.07. The van der Waals surface area contributed by atoms with Gasteiger partial charge in [0.2, 0.25) is 0 Å². The van der Waals surface area contributed by atoms with Crippen molar-refractivity contribution >= 4 is 17.6 Å². The van der Waals surface area contributed by atoms with E-state index in [0.29, 0.717) is 36.2 Å². The van der Waals surface area contributed by atoms with Crippen LogP contribution < -0.4 is 15.4 Å². The largest absolute Gasteiger partial charge is 0.491 e. The van der Waals surface area contributed by atoms with Crippen molar-refractivity contribution in [2.45, 2.75) is 18.9 Å². The number of benzene rings is 1. The van der Waals surface area contributed by atoms with E-state index in [2.05, 4.69) is 10.6 Å². The Morgan fingerprint density at radius 3 is 2.95 bits per heavy atom. The summed E-state index contributed by atoms with van der Waals surface area (Å²) in [5, 5.41) is 5.58. The fourth-order valence-corrected chi connectivity index (χ4v) is 2.08. The molecule has 3 rings (SSSR count). The summed E-state index contributed by atoms with van der Waals surface area (Å²) in [4.78, 5) is 25.5. The Balaban J connectivity index is 1.78. The van der Waals surface area contributed by atoms with Crippen LogP contribution in [0.1, 0.15) is 23.2 Å². The number of nitrogens with zero attached hydrogens (tertiary/aromatic N) is 1. The van der Waals surface area contributed by atoms with E-state index in [4.69, 9.17) is 4.74 Å². The number of rotatable bonds is 2. The predicted molar refractivity (Wildman–Crippen MR) is 74.1 cm³/mol. The lowest BCUT2D eigenvalue weighted by atomic mass is 10.1. The van der Waals surface area contributed by atoms with E-state index in [0.717, 1.165) is 12.8 Å². The molecule has 6 nitrogen and oxygen atoms in total. The highest BCUT2D eigenvalue weighted by Crippen LogP contribution is 2.26. The van der Waals surface area contributed by atoms with E-state index in [1.54, 1.807) is 30.1 Å². The zero-order valence-electron chi connectivity index (χ0n) is 11.3. The van der Waals surface area contributed by atoms with Gasteiger partial charge in [0.15, 0.2) is 0 Å². The Hall–Kier alpha value is -2.24. The summed E-state index contributed by atoms with van der Waals surface area (Å²) in [5.74, 6) is 0.469. The van der Waals surface area contributed by atoms with Gasteiger partial charge in [0.25, 0.3) is 5.91 Å². The van der Waals surface area contributed by atoms with Crippen LogP contribution in [-0.4, -0.2) is 43.1 Å². The van der Waals surface area contributed by atoms with Gasteiger partial charge in [0, 0.05) is 18.8 Å². The number of likely N-dealkylation sites (N-methyl/N-ethyl adjacent to an activating group) is 1. The van der Waals surface area contributed by atoms with E-state index in [1.807, 2.05) is 0 Å². The van der Waals surface area contributed by atoms with Gasteiger partial charge in [-0.05, 0) is 31.0 Å². The van der Waals surface area contributed by atoms with Gasteiger partial charge in [-0.2, -0.15) is 0 Å². The molecule has 1 aromatic carbocycles. The zero-order valence-corrected chi connectivity index (χ0v) is 11.3. The van der Waals surface area contributed by atoms with E-state index in [9.17, 15) is 9.59 Å². The third-order valence-corrected chi connectivity index (χ3v) is 3.41. The fraction of sp³-hybridized carbons (Fsp3) is 0.429. The van der Waals surface area contributed by atoms with E-state index < -0.39 is 0 Å². The van der Waals surface area contributed by atoms with Gasteiger partial charge in [-0.3, -0.25) is 4.79 Å². The summed E-state index contributed by atoms with van der Waals surface area (Å²) >= 11 is 0. The highest BCUT2D eigenvalue weighted by atomic mass is 16.5. The van der Waals surface area contributed by atoms with Crippen LogP contribution in [-0.2, 0) is 0 Å². The summed E-state index contributed by atoms with van der Waals surface area (Å²) in [6.45, 7) is 1.03. The number of nitrogens with one attached hydrogen (secondary N) is 2. The first kappa shape index (κ1) is 12.8. The molecule has 0 atom stereocenters. The van der Waals surface area contributed by atoms with Gasteiger partial charge >= 0.3 is 6.03 Å². The topological polar surface area (TPSA) is 70.7 Å². The van der Waals surface area contributed by atoms with Crippen LogP contribution in [0.5, 0.6) is 5.75 Å². The van der Waals surface area contributed by atoms with Crippen molar-refractivity contribution in [2.75, 3.05) is 25.5 Å². The van der Waals surface area contributed by atoms with Gasteiger partial charge in [0.05, 0.1) is 12.1 Å². The number of amides is 3. The van der Waals surface area contributed by atoms with Crippen LogP contribution in [0.3, 0.4) is 0 Å². The van der Waals surface area contributed by atoms with Crippen LogP contribution in [0.2, 0.25) is 0 Å². The molecule has 0 aromatic heterocycles. The molecule has 1 heterocycles. The first-order chi connectivity index (χ1) is 9.63. The maximum atomic E-state index is 12.2.